The summed E-state index contributed by atoms with van der Waals surface area (Å²) in [7, 11) is 1.73. The number of aromatic nitrogens is 2. The fraction of sp³-hybridized carbons (Fsp3) is 0.214. The highest BCUT2D eigenvalue weighted by Crippen LogP contribution is 2.09. The van der Waals surface area contributed by atoms with E-state index in [1.807, 2.05) is 0 Å². The van der Waals surface area contributed by atoms with Gasteiger partial charge in [-0.3, -0.25) is 4.79 Å². The van der Waals surface area contributed by atoms with Crippen LogP contribution in [0.25, 0.3) is 0 Å². The van der Waals surface area contributed by atoms with Crippen LogP contribution >= 0.6 is 11.6 Å². The molecule has 0 bridgehead atoms. The van der Waals surface area contributed by atoms with E-state index in [0.717, 1.165) is 5.56 Å². The van der Waals surface area contributed by atoms with Crippen LogP contribution in [0.1, 0.15) is 5.56 Å². The summed E-state index contributed by atoms with van der Waals surface area (Å²) in [5.41, 5.74) is 0.832. The maximum atomic E-state index is 12.8. The van der Waals surface area contributed by atoms with Gasteiger partial charge in [-0.1, -0.05) is 23.7 Å². The van der Waals surface area contributed by atoms with Crippen molar-refractivity contribution in [3.05, 3.63) is 52.9 Å². The standard InChI is InChI=1S/C14H14ClFN4O/c1-20(13-7-6-12(15)18-19-13)9-14(21)17-8-10-2-4-11(16)5-3-10/h2-7H,8-9H2,1H3,(H,17,21). The molecular formula is C14H14ClFN4O. The summed E-state index contributed by atoms with van der Waals surface area (Å²) in [4.78, 5) is 13.5. The second kappa shape index (κ2) is 6.99. The molecule has 1 amide bonds. The molecule has 0 aliphatic rings. The van der Waals surface area contributed by atoms with Crippen LogP contribution in [0, 0.1) is 5.82 Å². The Morgan fingerprint density at radius 2 is 1.95 bits per heavy atom. The second-order valence-corrected chi connectivity index (χ2v) is 4.86. The largest absolute Gasteiger partial charge is 0.350 e. The van der Waals surface area contributed by atoms with E-state index < -0.39 is 0 Å². The number of benzene rings is 1. The molecule has 2 rings (SSSR count). The number of hydrogen-bond donors (Lipinski definition) is 1. The SMILES string of the molecule is CN(CC(=O)NCc1ccc(F)cc1)c1ccc(Cl)nn1. The first kappa shape index (κ1) is 15.2. The Bertz CT molecular complexity index is 603. The van der Waals surface area contributed by atoms with Crippen molar-refractivity contribution in [3.63, 3.8) is 0 Å². The van der Waals surface area contributed by atoms with Crippen LogP contribution in [0.2, 0.25) is 5.15 Å². The highest BCUT2D eigenvalue weighted by Gasteiger charge is 2.09. The zero-order valence-electron chi connectivity index (χ0n) is 11.4. The second-order valence-electron chi connectivity index (χ2n) is 4.47. The van der Waals surface area contributed by atoms with Crippen molar-refractivity contribution >= 4 is 23.3 Å². The van der Waals surface area contributed by atoms with Crippen molar-refractivity contribution in [3.8, 4) is 0 Å². The van der Waals surface area contributed by atoms with Crippen molar-refractivity contribution in [2.75, 3.05) is 18.5 Å². The van der Waals surface area contributed by atoms with Gasteiger partial charge in [0, 0.05) is 13.6 Å². The molecule has 0 saturated heterocycles. The third kappa shape index (κ3) is 4.68. The van der Waals surface area contributed by atoms with E-state index in [0.29, 0.717) is 17.5 Å². The molecule has 7 heteroatoms. The van der Waals surface area contributed by atoms with Gasteiger partial charge < -0.3 is 10.2 Å². The highest BCUT2D eigenvalue weighted by molar-refractivity contribution is 6.29. The van der Waals surface area contributed by atoms with Gasteiger partial charge in [-0.25, -0.2) is 4.39 Å². The predicted octanol–water partition coefficient (Wildman–Crippen LogP) is 2.02. The van der Waals surface area contributed by atoms with Gasteiger partial charge in [0.1, 0.15) is 5.82 Å². The number of likely N-dealkylation sites (N-methyl/N-ethyl adjacent to an activating group) is 1. The molecule has 2 aromatic rings. The van der Waals surface area contributed by atoms with Crippen LogP contribution in [0.15, 0.2) is 36.4 Å². The summed E-state index contributed by atoms with van der Waals surface area (Å²) in [6, 6.07) is 9.27. The topological polar surface area (TPSA) is 58.1 Å². The molecule has 0 aliphatic carbocycles. The lowest BCUT2D eigenvalue weighted by Crippen LogP contribution is -2.35. The average molecular weight is 309 g/mol. The fourth-order valence-electron chi connectivity index (χ4n) is 1.67. The number of hydrogen-bond acceptors (Lipinski definition) is 4. The third-order valence-corrected chi connectivity index (χ3v) is 2.99. The maximum absolute atomic E-state index is 12.8. The molecule has 1 N–H and O–H groups in total. The Morgan fingerprint density at radius 1 is 1.24 bits per heavy atom. The minimum atomic E-state index is -0.300. The smallest absolute Gasteiger partial charge is 0.239 e. The van der Waals surface area contributed by atoms with Crippen LogP contribution in [-0.4, -0.2) is 29.7 Å². The molecule has 21 heavy (non-hydrogen) atoms. The molecule has 1 aromatic heterocycles. The van der Waals surface area contributed by atoms with E-state index in [1.54, 1.807) is 36.2 Å². The number of amides is 1. The third-order valence-electron chi connectivity index (χ3n) is 2.79. The van der Waals surface area contributed by atoms with E-state index in [2.05, 4.69) is 15.5 Å². The van der Waals surface area contributed by atoms with Gasteiger partial charge in [0.05, 0.1) is 6.54 Å². The van der Waals surface area contributed by atoms with Gasteiger partial charge in [0.15, 0.2) is 11.0 Å². The van der Waals surface area contributed by atoms with Gasteiger partial charge in [0.2, 0.25) is 5.91 Å². The number of halogens is 2. The van der Waals surface area contributed by atoms with Crippen molar-refractivity contribution in [2.45, 2.75) is 6.54 Å². The number of nitrogens with zero attached hydrogens (tertiary/aromatic N) is 3. The van der Waals surface area contributed by atoms with Crippen molar-refractivity contribution in [2.24, 2.45) is 0 Å². The molecule has 0 saturated carbocycles. The summed E-state index contributed by atoms with van der Waals surface area (Å²) >= 11 is 5.65. The zero-order valence-corrected chi connectivity index (χ0v) is 12.1. The minimum Gasteiger partial charge on any atom is -0.350 e. The normalized spacial score (nSPS) is 10.2. The van der Waals surface area contributed by atoms with Crippen molar-refractivity contribution in [1.82, 2.24) is 15.5 Å². The quantitative estimate of drug-likeness (QED) is 0.918. The molecule has 5 nitrogen and oxygen atoms in total. The minimum absolute atomic E-state index is 0.136. The molecule has 0 radical (unpaired) electrons. The van der Waals surface area contributed by atoms with E-state index in [9.17, 15) is 9.18 Å². The monoisotopic (exact) mass is 308 g/mol. The van der Waals surface area contributed by atoms with E-state index in [-0.39, 0.29) is 18.3 Å². The van der Waals surface area contributed by atoms with Crippen molar-refractivity contribution < 1.29 is 9.18 Å². The Balaban J connectivity index is 1.83. The van der Waals surface area contributed by atoms with E-state index in [1.165, 1.54) is 12.1 Å². The maximum Gasteiger partial charge on any atom is 0.239 e. The highest BCUT2D eigenvalue weighted by atomic mass is 35.5. The summed E-state index contributed by atoms with van der Waals surface area (Å²) in [6.45, 7) is 0.483. The van der Waals surface area contributed by atoms with Crippen LogP contribution < -0.4 is 10.2 Å². The molecule has 0 spiro atoms. The summed E-state index contributed by atoms with van der Waals surface area (Å²) in [6.07, 6.45) is 0. The molecule has 0 unspecified atom stereocenters. The Labute approximate surface area is 126 Å². The summed E-state index contributed by atoms with van der Waals surface area (Å²) in [5.74, 6) is 0.0843. The lowest BCUT2D eigenvalue weighted by Gasteiger charge is -2.16. The van der Waals surface area contributed by atoms with Crippen LogP contribution in [-0.2, 0) is 11.3 Å². The fourth-order valence-corrected chi connectivity index (χ4v) is 1.77. The number of rotatable bonds is 5. The van der Waals surface area contributed by atoms with Gasteiger partial charge in [-0.15, -0.1) is 10.2 Å². The number of anilines is 1. The van der Waals surface area contributed by atoms with E-state index in [4.69, 9.17) is 11.6 Å². The van der Waals surface area contributed by atoms with Gasteiger partial charge in [0.25, 0.3) is 0 Å². The number of nitrogens with one attached hydrogen (secondary N) is 1. The van der Waals surface area contributed by atoms with Crippen molar-refractivity contribution in [1.29, 1.82) is 0 Å². The van der Waals surface area contributed by atoms with Gasteiger partial charge in [-0.05, 0) is 29.8 Å². The summed E-state index contributed by atoms with van der Waals surface area (Å²) < 4.78 is 12.8. The van der Waals surface area contributed by atoms with E-state index >= 15 is 0 Å². The lowest BCUT2D eigenvalue weighted by molar-refractivity contribution is -0.119. The molecular weight excluding hydrogens is 295 g/mol. The molecule has 1 heterocycles. The first-order valence-corrected chi connectivity index (χ1v) is 6.64. The number of carbonyl (C=O) groups excluding carboxylic acids is 1. The predicted molar refractivity (Wildman–Crippen MR) is 78.6 cm³/mol. The molecule has 0 aliphatic heterocycles. The zero-order chi connectivity index (χ0) is 15.2. The summed E-state index contributed by atoms with van der Waals surface area (Å²) in [5, 5.41) is 10.6. The molecule has 110 valence electrons. The first-order chi connectivity index (χ1) is 10.0. The number of carbonyl (C=O) groups is 1. The molecule has 1 aromatic carbocycles. The Kier molecular flexibility index (Phi) is 5.05. The Hall–Kier alpha value is -2.21. The van der Waals surface area contributed by atoms with Crippen LogP contribution in [0.3, 0.4) is 0 Å². The lowest BCUT2D eigenvalue weighted by atomic mass is 10.2. The van der Waals surface area contributed by atoms with Gasteiger partial charge >= 0.3 is 0 Å². The Morgan fingerprint density at radius 3 is 2.57 bits per heavy atom. The average Bonchev–Trinajstić information content (AvgIpc) is 2.47. The van der Waals surface area contributed by atoms with Crippen LogP contribution in [0.5, 0.6) is 0 Å². The first-order valence-electron chi connectivity index (χ1n) is 6.26. The van der Waals surface area contributed by atoms with Crippen LogP contribution in [0.4, 0.5) is 10.2 Å². The van der Waals surface area contributed by atoms with Gasteiger partial charge in [-0.2, -0.15) is 0 Å². The molecule has 0 fully saturated rings. The molecule has 0 atom stereocenters.